The number of hydrogen-bond acceptors (Lipinski definition) is 3. The largest absolute Gasteiger partial charge is 0.340 e. The van der Waals surface area contributed by atoms with Gasteiger partial charge in [-0.3, -0.25) is 0 Å². The Morgan fingerprint density at radius 1 is 1.31 bits per heavy atom. The average Bonchev–Trinajstić information content (AvgIpc) is 2.24. The Bertz CT molecular complexity index is 516. The molecule has 2 rings (SSSR count). The number of hydrogen-bond donors (Lipinski definition) is 1. The van der Waals surface area contributed by atoms with Crippen LogP contribution in [-0.4, -0.2) is 9.97 Å². The molecule has 0 atom stereocenters. The average molecular weight is 299 g/mol. The molecule has 0 aliphatic heterocycles. The monoisotopic (exact) mass is 297 g/mol. The normalized spacial score (nSPS) is 10.2. The standard InChI is InChI=1S/C11H9BrClN3/c1-7-2-3-8(6-9(7)12)15-10-4-5-14-11(13)16-10/h2-6H,1H3,(H,14,15,16). The molecule has 1 aromatic carbocycles. The van der Waals surface area contributed by atoms with E-state index in [1.165, 1.54) is 5.56 Å². The Morgan fingerprint density at radius 3 is 2.81 bits per heavy atom. The van der Waals surface area contributed by atoms with E-state index in [0.29, 0.717) is 5.82 Å². The summed E-state index contributed by atoms with van der Waals surface area (Å²) in [6, 6.07) is 7.76. The first kappa shape index (κ1) is 11.4. The van der Waals surface area contributed by atoms with E-state index in [1.54, 1.807) is 12.3 Å². The van der Waals surface area contributed by atoms with Crippen LogP contribution in [0.1, 0.15) is 5.56 Å². The first-order valence-electron chi connectivity index (χ1n) is 4.67. The maximum Gasteiger partial charge on any atom is 0.224 e. The molecule has 0 fully saturated rings. The van der Waals surface area contributed by atoms with Gasteiger partial charge in [-0.15, -0.1) is 0 Å². The molecule has 2 aromatic rings. The molecule has 1 N–H and O–H groups in total. The fourth-order valence-corrected chi connectivity index (χ4v) is 1.75. The van der Waals surface area contributed by atoms with Crippen molar-refractivity contribution in [2.45, 2.75) is 6.92 Å². The highest BCUT2D eigenvalue weighted by Crippen LogP contribution is 2.22. The van der Waals surface area contributed by atoms with Crippen molar-refractivity contribution in [1.82, 2.24) is 9.97 Å². The molecule has 1 heterocycles. The van der Waals surface area contributed by atoms with E-state index >= 15 is 0 Å². The highest BCUT2D eigenvalue weighted by molar-refractivity contribution is 9.10. The van der Waals surface area contributed by atoms with Crippen LogP contribution in [0.4, 0.5) is 11.5 Å². The van der Waals surface area contributed by atoms with Gasteiger partial charge in [0.2, 0.25) is 5.28 Å². The SMILES string of the molecule is Cc1ccc(Nc2ccnc(Cl)n2)cc1Br. The van der Waals surface area contributed by atoms with Gasteiger partial charge < -0.3 is 5.32 Å². The zero-order chi connectivity index (χ0) is 11.5. The minimum absolute atomic E-state index is 0.233. The quantitative estimate of drug-likeness (QED) is 0.853. The van der Waals surface area contributed by atoms with E-state index in [2.05, 4.69) is 31.2 Å². The number of halogens is 2. The number of nitrogens with one attached hydrogen (secondary N) is 1. The van der Waals surface area contributed by atoms with Gasteiger partial charge in [0.15, 0.2) is 0 Å². The fraction of sp³-hybridized carbons (Fsp3) is 0.0909. The van der Waals surface area contributed by atoms with E-state index in [0.717, 1.165) is 10.2 Å². The Hall–Kier alpha value is -1.13. The maximum atomic E-state index is 5.70. The molecule has 0 saturated carbocycles. The Kier molecular flexibility index (Phi) is 3.41. The van der Waals surface area contributed by atoms with E-state index in [-0.39, 0.29) is 5.28 Å². The number of rotatable bonds is 2. The van der Waals surface area contributed by atoms with Crippen molar-refractivity contribution in [2.75, 3.05) is 5.32 Å². The van der Waals surface area contributed by atoms with Gasteiger partial charge in [0, 0.05) is 16.4 Å². The van der Waals surface area contributed by atoms with Crippen molar-refractivity contribution in [3.8, 4) is 0 Å². The van der Waals surface area contributed by atoms with Crippen LogP contribution in [0.5, 0.6) is 0 Å². The summed E-state index contributed by atoms with van der Waals surface area (Å²) in [6.07, 6.45) is 1.61. The van der Waals surface area contributed by atoms with Crippen molar-refractivity contribution >= 4 is 39.0 Å². The summed E-state index contributed by atoms with van der Waals surface area (Å²) in [7, 11) is 0. The van der Waals surface area contributed by atoms with Crippen LogP contribution in [0.2, 0.25) is 5.28 Å². The highest BCUT2D eigenvalue weighted by atomic mass is 79.9. The van der Waals surface area contributed by atoms with Crippen molar-refractivity contribution in [2.24, 2.45) is 0 Å². The summed E-state index contributed by atoms with van der Waals surface area (Å²) in [5.74, 6) is 0.677. The van der Waals surface area contributed by atoms with E-state index in [1.807, 2.05) is 25.1 Å². The van der Waals surface area contributed by atoms with Gasteiger partial charge in [0.05, 0.1) is 0 Å². The molecule has 3 nitrogen and oxygen atoms in total. The van der Waals surface area contributed by atoms with E-state index in [4.69, 9.17) is 11.6 Å². The van der Waals surface area contributed by atoms with Crippen LogP contribution in [-0.2, 0) is 0 Å². The Balaban J connectivity index is 2.24. The molecular weight excluding hydrogens is 289 g/mol. The van der Waals surface area contributed by atoms with E-state index in [9.17, 15) is 0 Å². The molecule has 0 aliphatic carbocycles. The second kappa shape index (κ2) is 4.80. The fourth-order valence-electron chi connectivity index (χ4n) is 1.22. The molecule has 5 heteroatoms. The van der Waals surface area contributed by atoms with Crippen LogP contribution in [0.25, 0.3) is 0 Å². The Labute approximate surface area is 107 Å². The molecule has 0 bridgehead atoms. The minimum Gasteiger partial charge on any atom is -0.340 e. The molecule has 82 valence electrons. The van der Waals surface area contributed by atoms with Crippen LogP contribution >= 0.6 is 27.5 Å². The van der Waals surface area contributed by atoms with Gasteiger partial charge in [-0.05, 0) is 42.3 Å². The van der Waals surface area contributed by atoms with Gasteiger partial charge in [-0.1, -0.05) is 22.0 Å². The zero-order valence-electron chi connectivity index (χ0n) is 8.54. The van der Waals surface area contributed by atoms with Gasteiger partial charge in [-0.2, -0.15) is 0 Å². The first-order chi connectivity index (χ1) is 7.65. The predicted molar refractivity (Wildman–Crippen MR) is 69.2 cm³/mol. The summed E-state index contributed by atoms with van der Waals surface area (Å²) >= 11 is 9.17. The molecule has 0 amide bonds. The smallest absolute Gasteiger partial charge is 0.224 e. The predicted octanol–water partition coefficient (Wildman–Crippen LogP) is 3.94. The number of aromatic nitrogens is 2. The maximum absolute atomic E-state index is 5.70. The third-order valence-corrected chi connectivity index (χ3v) is 3.11. The van der Waals surface area contributed by atoms with Gasteiger partial charge >= 0.3 is 0 Å². The number of anilines is 2. The minimum atomic E-state index is 0.233. The topological polar surface area (TPSA) is 37.8 Å². The highest BCUT2D eigenvalue weighted by Gasteiger charge is 2.00. The lowest BCUT2D eigenvalue weighted by Gasteiger charge is -2.06. The molecular formula is C11H9BrClN3. The lowest BCUT2D eigenvalue weighted by atomic mass is 10.2. The van der Waals surface area contributed by atoms with Crippen LogP contribution < -0.4 is 5.32 Å². The summed E-state index contributed by atoms with van der Waals surface area (Å²) in [6.45, 7) is 2.04. The summed E-state index contributed by atoms with van der Waals surface area (Å²) in [5.41, 5.74) is 2.14. The van der Waals surface area contributed by atoms with Crippen LogP contribution in [0.3, 0.4) is 0 Å². The van der Waals surface area contributed by atoms with Crippen molar-refractivity contribution in [1.29, 1.82) is 0 Å². The van der Waals surface area contributed by atoms with Gasteiger partial charge in [-0.25, -0.2) is 9.97 Å². The second-order valence-electron chi connectivity index (χ2n) is 3.30. The number of nitrogens with zero attached hydrogens (tertiary/aromatic N) is 2. The molecule has 0 unspecified atom stereocenters. The van der Waals surface area contributed by atoms with Crippen molar-refractivity contribution in [3.63, 3.8) is 0 Å². The molecule has 16 heavy (non-hydrogen) atoms. The molecule has 0 saturated heterocycles. The second-order valence-corrected chi connectivity index (χ2v) is 4.49. The van der Waals surface area contributed by atoms with Crippen molar-refractivity contribution < 1.29 is 0 Å². The number of aryl methyl sites for hydroxylation is 1. The number of benzene rings is 1. The summed E-state index contributed by atoms with van der Waals surface area (Å²) in [4.78, 5) is 7.87. The summed E-state index contributed by atoms with van der Waals surface area (Å²) < 4.78 is 1.05. The van der Waals surface area contributed by atoms with Crippen LogP contribution in [0.15, 0.2) is 34.9 Å². The summed E-state index contributed by atoms with van der Waals surface area (Å²) in [5, 5.41) is 3.38. The van der Waals surface area contributed by atoms with Crippen LogP contribution in [0, 0.1) is 6.92 Å². The van der Waals surface area contributed by atoms with Gasteiger partial charge in [0.25, 0.3) is 0 Å². The molecule has 1 aromatic heterocycles. The molecule has 0 aliphatic rings. The lowest BCUT2D eigenvalue weighted by Crippen LogP contribution is -1.94. The van der Waals surface area contributed by atoms with Gasteiger partial charge in [0.1, 0.15) is 5.82 Å². The third-order valence-electron chi connectivity index (χ3n) is 2.07. The lowest BCUT2D eigenvalue weighted by molar-refractivity contribution is 1.17. The first-order valence-corrected chi connectivity index (χ1v) is 5.84. The molecule has 0 spiro atoms. The van der Waals surface area contributed by atoms with E-state index < -0.39 is 0 Å². The molecule has 0 radical (unpaired) electrons. The van der Waals surface area contributed by atoms with Crippen molar-refractivity contribution in [3.05, 3.63) is 45.8 Å². The zero-order valence-corrected chi connectivity index (χ0v) is 10.9. The third kappa shape index (κ3) is 2.71. The Morgan fingerprint density at radius 2 is 2.12 bits per heavy atom.